The largest absolute Gasteiger partial charge is 0.466 e. The van der Waals surface area contributed by atoms with Crippen molar-refractivity contribution in [2.45, 2.75) is 25.9 Å². The van der Waals surface area contributed by atoms with Gasteiger partial charge in [-0.3, -0.25) is 9.59 Å². The Morgan fingerprint density at radius 3 is 2.76 bits per heavy atom. The van der Waals surface area contributed by atoms with E-state index in [-0.39, 0.29) is 19.4 Å². The minimum Gasteiger partial charge on any atom is -0.466 e. The van der Waals surface area contributed by atoms with Gasteiger partial charge >= 0.3 is 5.97 Å². The van der Waals surface area contributed by atoms with Gasteiger partial charge in [-0.1, -0.05) is 11.6 Å². The van der Waals surface area contributed by atoms with Crippen molar-refractivity contribution in [3.8, 4) is 0 Å². The number of carbonyl (C=O) groups excluding carboxylic acids is 2. The zero-order valence-electron chi connectivity index (χ0n) is 11.5. The number of ether oxygens (including phenoxy) is 1. The summed E-state index contributed by atoms with van der Waals surface area (Å²) in [7, 11) is 0. The van der Waals surface area contributed by atoms with E-state index >= 15 is 0 Å². The third kappa shape index (κ3) is 3.91. The van der Waals surface area contributed by atoms with Gasteiger partial charge in [-0.25, -0.2) is 9.37 Å². The molecule has 0 spiro atoms. The number of hydrogen-bond donors (Lipinski definition) is 1. The molecule has 1 aliphatic rings. The van der Waals surface area contributed by atoms with Crippen molar-refractivity contribution < 1.29 is 18.7 Å². The lowest BCUT2D eigenvalue weighted by Gasteiger charge is -2.17. The van der Waals surface area contributed by atoms with Crippen LogP contribution < -0.4 is 5.32 Å². The molecule has 1 aliphatic carbocycles. The van der Waals surface area contributed by atoms with Crippen molar-refractivity contribution in [1.82, 2.24) is 4.98 Å². The summed E-state index contributed by atoms with van der Waals surface area (Å²) in [6.45, 7) is 1.88. The summed E-state index contributed by atoms with van der Waals surface area (Å²) in [6.07, 6.45) is 0.258. The van der Waals surface area contributed by atoms with Crippen LogP contribution in [0.25, 0.3) is 0 Å². The summed E-state index contributed by atoms with van der Waals surface area (Å²) in [4.78, 5) is 27.9. The van der Waals surface area contributed by atoms with Crippen molar-refractivity contribution in [3.05, 3.63) is 23.4 Å². The molecule has 1 amide bonds. The van der Waals surface area contributed by atoms with Gasteiger partial charge < -0.3 is 10.1 Å². The first kappa shape index (κ1) is 15.7. The second kappa shape index (κ2) is 6.85. The maximum Gasteiger partial charge on any atom is 0.309 e. The maximum absolute atomic E-state index is 13.6. The molecule has 0 radical (unpaired) electrons. The quantitative estimate of drug-likeness (QED) is 0.867. The topological polar surface area (TPSA) is 68.3 Å². The van der Waals surface area contributed by atoms with E-state index in [9.17, 15) is 14.0 Å². The molecule has 0 aliphatic heterocycles. The normalized spacial score (nSPS) is 24.6. The summed E-state index contributed by atoms with van der Waals surface area (Å²) < 4.78 is 18.5. The molecule has 5 nitrogen and oxygen atoms in total. The number of amides is 1. The van der Waals surface area contributed by atoms with Crippen LogP contribution in [0, 0.1) is 11.8 Å². The Hall–Kier alpha value is -1.69. The number of alkyl halides is 1. The van der Waals surface area contributed by atoms with Gasteiger partial charge in [0.05, 0.1) is 23.5 Å². The summed E-state index contributed by atoms with van der Waals surface area (Å²) in [6, 6.07) is 3.13. The fourth-order valence-corrected chi connectivity index (χ4v) is 2.56. The van der Waals surface area contributed by atoms with Gasteiger partial charge in [0.15, 0.2) is 0 Å². The molecule has 1 N–H and O–H groups in total. The second-order valence-corrected chi connectivity index (χ2v) is 5.32. The highest BCUT2D eigenvalue weighted by Crippen LogP contribution is 2.35. The second-order valence-electron chi connectivity index (χ2n) is 4.88. The number of pyridine rings is 1. The van der Waals surface area contributed by atoms with Gasteiger partial charge in [0.1, 0.15) is 12.0 Å². The Morgan fingerprint density at radius 2 is 2.14 bits per heavy atom. The summed E-state index contributed by atoms with van der Waals surface area (Å²) >= 11 is 5.71. The molecule has 114 valence electrons. The maximum atomic E-state index is 13.6. The van der Waals surface area contributed by atoms with Crippen LogP contribution in [-0.2, 0) is 14.3 Å². The van der Waals surface area contributed by atoms with Crippen LogP contribution in [0.1, 0.15) is 19.8 Å². The lowest BCUT2D eigenvalue weighted by atomic mass is 9.95. The molecular weight excluding hydrogens is 299 g/mol. The molecule has 0 unspecified atom stereocenters. The van der Waals surface area contributed by atoms with Gasteiger partial charge in [0.25, 0.3) is 0 Å². The van der Waals surface area contributed by atoms with Crippen molar-refractivity contribution in [3.63, 3.8) is 0 Å². The van der Waals surface area contributed by atoms with Gasteiger partial charge in [0, 0.05) is 6.20 Å². The van der Waals surface area contributed by atoms with Crippen LogP contribution in [0.4, 0.5) is 10.2 Å². The molecule has 7 heteroatoms. The van der Waals surface area contributed by atoms with E-state index in [2.05, 4.69) is 10.3 Å². The number of nitrogens with zero attached hydrogens (tertiary/aromatic N) is 1. The smallest absolute Gasteiger partial charge is 0.309 e. The summed E-state index contributed by atoms with van der Waals surface area (Å²) in [5, 5.41) is 3.02. The van der Waals surface area contributed by atoms with Gasteiger partial charge in [0.2, 0.25) is 5.91 Å². The monoisotopic (exact) mass is 314 g/mol. The third-order valence-corrected chi connectivity index (χ3v) is 3.63. The fraction of sp³-hybridized carbons (Fsp3) is 0.500. The molecular formula is C14H16ClFN2O3. The molecule has 1 heterocycles. The van der Waals surface area contributed by atoms with Gasteiger partial charge in [-0.15, -0.1) is 0 Å². The highest BCUT2D eigenvalue weighted by atomic mass is 35.5. The number of aromatic nitrogens is 1. The van der Waals surface area contributed by atoms with Crippen LogP contribution >= 0.6 is 11.6 Å². The number of anilines is 1. The Labute approximate surface area is 126 Å². The van der Waals surface area contributed by atoms with Crippen molar-refractivity contribution >= 4 is 29.3 Å². The molecule has 21 heavy (non-hydrogen) atoms. The molecule has 1 saturated carbocycles. The first-order valence-corrected chi connectivity index (χ1v) is 7.12. The minimum atomic E-state index is -1.17. The summed E-state index contributed by atoms with van der Waals surface area (Å²) in [5.41, 5.74) is 0. The van der Waals surface area contributed by atoms with Crippen molar-refractivity contribution in [2.75, 3.05) is 11.9 Å². The molecule has 2 rings (SSSR count). The predicted octanol–water partition coefficient (Wildman–Crippen LogP) is 2.60. The molecule has 0 aromatic carbocycles. The lowest BCUT2D eigenvalue weighted by molar-refractivity contribution is -0.151. The number of hydrogen-bond acceptors (Lipinski definition) is 4. The summed E-state index contributed by atoms with van der Waals surface area (Å²) in [5.74, 6) is -2.12. The Balaban J connectivity index is 2.05. The van der Waals surface area contributed by atoms with E-state index in [0.29, 0.717) is 10.8 Å². The highest BCUT2D eigenvalue weighted by molar-refractivity contribution is 6.30. The number of carbonyl (C=O) groups is 2. The van der Waals surface area contributed by atoms with E-state index in [4.69, 9.17) is 16.3 Å². The average Bonchev–Trinajstić information content (AvgIpc) is 2.84. The van der Waals surface area contributed by atoms with E-state index in [0.717, 1.165) is 0 Å². The molecule has 0 bridgehead atoms. The zero-order valence-corrected chi connectivity index (χ0v) is 12.3. The van der Waals surface area contributed by atoms with Crippen molar-refractivity contribution in [2.24, 2.45) is 11.8 Å². The van der Waals surface area contributed by atoms with Crippen LogP contribution in [0.2, 0.25) is 5.02 Å². The average molecular weight is 315 g/mol. The van der Waals surface area contributed by atoms with Crippen LogP contribution in [-0.4, -0.2) is 29.6 Å². The van der Waals surface area contributed by atoms with Crippen molar-refractivity contribution in [1.29, 1.82) is 0 Å². The molecule has 3 atom stereocenters. The predicted molar refractivity (Wildman–Crippen MR) is 75.6 cm³/mol. The number of rotatable bonds is 4. The molecule has 1 aromatic rings. The first-order valence-electron chi connectivity index (χ1n) is 6.74. The van der Waals surface area contributed by atoms with Crippen LogP contribution in [0.15, 0.2) is 18.3 Å². The number of nitrogens with one attached hydrogen (secondary N) is 1. The van der Waals surface area contributed by atoms with Gasteiger partial charge in [-0.2, -0.15) is 0 Å². The van der Waals surface area contributed by atoms with E-state index in [1.165, 1.54) is 6.20 Å². The fourth-order valence-electron chi connectivity index (χ4n) is 2.44. The zero-order chi connectivity index (χ0) is 15.4. The highest BCUT2D eigenvalue weighted by Gasteiger charge is 2.43. The Kier molecular flexibility index (Phi) is 5.12. The molecule has 1 aromatic heterocycles. The standard InChI is InChI=1S/C14H16ClFN2O3/c1-2-21-14(20)11-6-9(16)5-10(11)13(19)18-12-4-3-8(15)7-17-12/h3-4,7,9-11H,2,5-6H2,1H3,(H,17,18,19)/t9-,10-,11-/m0/s1. The lowest BCUT2D eigenvalue weighted by Crippen LogP contribution is -2.31. The third-order valence-electron chi connectivity index (χ3n) is 3.41. The minimum absolute atomic E-state index is 0.0168. The SMILES string of the molecule is CCOC(=O)[C@H]1C[C@@H](F)C[C@@H]1C(=O)Nc1ccc(Cl)cn1. The van der Waals surface area contributed by atoms with E-state index < -0.39 is 29.9 Å². The molecule has 1 fully saturated rings. The first-order chi connectivity index (χ1) is 10.0. The van der Waals surface area contributed by atoms with Crippen LogP contribution in [0.3, 0.4) is 0 Å². The van der Waals surface area contributed by atoms with E-state index in [1.54, 1.807) is 19.1 Å². The van der Waals surface area contributed by atoms with E-state index in [1.807, 2.05) is 0 Å². The number of esters is 1. The Bertz CT molecular complexity index is 523. The number of halogens is 2. The van der Waals surface area contributed by atoms with Gasteiger partial charge in [-0.05, 0) is 31.9 Å². The van der Waals surface area contributed by atoms with Crippen LogP contribution in [0.5, 0.6) is 0 Å². The molecule has 0 saturated heterocycles. The Morgan fingerprint density at radius 1 is 1.43 bits per heavy atom.